The molecule has 0 aromatic rings. The van der Waals surface area contributed by atoms with Crippen LogP contribution in [0.1, 0.15) is 38.5 Å². The summed E-state index contributed by atoms with van der Waals surface area (Å²) in [5.74, 6) is 2.37. The number of hydrogen-bond acceptors (Lipinski definition) is 3. The molecule has 0 atom stereocenters. The van der Waals surface area contributed by atoms with E-state index in [1.54, 1.807) is 0 Å². The summed E-state index contributed by atoms with van der Waals surface area (Å²) < 4.78 is 0. The third kappa shape index (κ3) is 2.58. The Bertz CT molecular complexity index is 319. The Hall–Kier alpha value is -0.810. The zero-order valence-corrected chi connectivity index (χ0v) is 11.3. The first kappa shape index (κ1) is 13.2. The Morgan fingerprint density at radius 2 is 1.53 bits per heavy atom. The SMILES string of the molecule is O=C(NC(CO)CO)NC12CC3CC(CC(C3)C1)C2. The van der Waals surface area contributed by atoms with Gasteiger partial charge in [-0.25, -0.2) is 4.79 Å². The van der Waals surface area contributed by atoms with E-state index in [9.17, 15) is 4.79 Å². The topological polar surface area (TPSA) is 81.6 Å². The molecule has 0 aliphatic heterocycles. The predicted octanol–water partition coefficient (Wildman–Crippen LogP) is 0.608. The monoisotopic (exact) mass is 268 g/mol. The number of nitrogens with one attached hydrogen (secondary N) is 2. The fraction of sp³-hybridized carbons (Fsp3) is 0.929. The molecule has 0 saturated heterocycles. The van der Waals surface area contributed by atoms with Gasteiger partial charge in [-0.15, -0.1) is 0 Å². The van der Waals surface area contributed by atoms with Gasteiger partial charge in [-0.1, -0.05) is 0 Å². The highest BCUT2D eigenvalue weighted by Gasteiger charge is 2.51. The molecule has 5 heteroatoms. The van der Waals surface area contributed by atoms with Gasteiger partial charge < -0.3 is 20.8 Å². The molecule has 19 heavy (non-hydrogen) atoms. The van der Waals surface area contributed by atoms with E-state index in [-0.39, 0.29) is 24.8 Å². The largest absolute Gasteiger partial charge is 0.394 e. The van der Waals surface area contributed by atoms with E-state index >= 15 is 0 Å². The second kappa shape index (κ2) is 4.94. The molecule has 0 radical (unpaired) electrons. The first-order chi connectivity index (χ1) is 9.12. The molecule has 4 rings (SSSR count). The zero-order chi connectivity index (χ0) is 13.5. The smallest absolute Gasteiger partial charge is 0.315 e. The average Bonchev–Trinajstić information content (AvgIpc) is 2.33. The van der Waals surface area contributed by atoms with Crippen molar-refractivity contribution in [2.75, 3.05) is 13.2 Å². The summed E-state index contributed by atoms with van der Waals surface area (Å²) in [4.78, 5) is 12.0. The van der Waals surface area contributed by atoms with Crippen LogP contribution in [0.15, 0.2) is 0 Å². The molecule has 4 aliphatic carbocycles. The average molecular weight is 268 g/mol. The summed E-state index contributed by atoms with van der Waals surface area (Å²) >= 11 is 0. The van der Waals surface area contributed by atoms with Crippen molar-refractivity contribution in [2.45, 2.75) is 50.1 Å². The highest BCUT2D eigenvalue weighted by molar-refractivity contribution is 5.75. The maximum atomic E-state index is 12.0. The molecule has 4 saturated carbocycles. The van der Waals surface area contributed by atoms with Crippen LogP contribution in [0.5, 0.6) is 0 Å². The summed E-state index contributed by atoms with van der Waals surface area (Å²) in [6.07, 6.45) is 7.36. The van der Waals surface area contributed by atoms with Crippen molar-refractivity contribution < 1.29 is 15.0 Å². The number of aliphatic hydroxyl groups excluding tert-OH is 2. The maximum Gasteiger partial charge on any atom is 0.315 e. The Morgan fingerprint density at radius 1 is 1.05 bits per heavy atom. The number of hydrogen-bond donors (Lipinski definition) is 4. The van der Waals surface area contributed by atoms with Gasteiger partial charge in [0.05, 0.1) is 19.3 Å². The standard InChI is InChI=1S/C14H24N2O3/c17-7-12(8-18)15-13(19)16-14-4-9-1-10(5-14)3-11(2-9)6-14/h9-12,17-18H,1-8H2,(H2,15,16,19). The summed E-state index contributed by atoms with van der Waals surface area (Å²) in [7, 11) is 0. The molecule has 5 nitrogen and oxygen atoms in total. The Labute approximate surface area is 113 Å². The maximum absolute atomic E-state index is 12.0. The molecule has 108 valence electrons. The van der Waals surface area contributed by atoms with Crippen LogP contribution in [0.4, 0.5) is 4.79 Å². The van der Waals surface area contributed by atoms with E-state index in [0.717, 1.165) is 37.0 Å². The van der Waals surface area contributed by atoms with Crippen LogP contribution in [0.2, 0.25) is 0 Å². The first-order valence-corrected chi connectivity index (χ1v) is 7.43. The van der Waals surface area contributed by atoms with E-state index in [1.807, 2.05) is 0 Å². The number of urea groups is 1. The number of aliphatic hydroxyl groups is 2. The van der Waals surface area contributed by atoms with Crippen LogP contribution < -0.4 is 10.6 Å². The molecule has 0 unspecified atom stereocenters. The minimum Gasteiger partial charge on any atom is -0.394 e. The van der Waals surface area contributed by atoms with Gasteiger partial charge in [-0.3, -0.25) is 0 Å². The molecule has 2 amide bonds. The molecule has 4 fully saturated rings. The minimum atomic E-state index is -0.561. The molecule has 4 bridgehead atoms. The van der Waals surface area contributed by atoms with Crippen molar-refractivity contribution in [3.63, 3.8) is 0 Å². The van der Waals surface area contributed by atoms with Crippen molar-refractivity contribution in [2.24, 2.45) is 17.8 Å². The van der Waals surface area contributed by atoms with E-state index in [4.69, 9.17) is 10.2 Å². The molecular formula is C14H24N2O3. The highest BCUT2D eigenvalue weighted by atomic mass is 16.3. The van der Waals surface area contributed by atoms with Crippen LogP contribution in [0.3, 0.4) is 0 Å². The lowest BCUT2D eigenvalue weighted by Crippen LogP contribution is -2.62. The lowest BCUT2D eigenvalue weighted by atomic mass is 9.53. The van der Waals surface area contributed by atoms with Crippen molar-refractivity contribution in [1.82, 2.24) is 10.6 Å². The summed E-state index contributed by atoms with van der Waals surface area (Å²) in [6.45, 7) is -0.463. The van der Waals surface area contributed by atoms with E-state index in [2.05, 4.69) is 10.6 Å². The van der Waals surface area contributed by atoms with Gasteiger partial charge in [-0.2, -0.15) is 0 Å². The fourth-order valence-electron chi connectivity index (χ4n) is 4.88. The van der Waals surface area contributed by atoms with Crippen LogP contribution in [0, 0.1) is 17.8 Å². The third-order valence-electron chi connectivity index (χ3n) is 5.19. The third-order valence-corrected chi connectivity index (χ3v) is 5.19. The van der Waals surface area contributed by atoms with E-state index in [0.29, 0.717) is 0 Å². The molecule has 0 aromatic heterocycles. The molecule has 0 heterocycles. The van der Waals surface area contributed by atoms with Crippen LogP contribution >= 0.6 is 0 Å². The van der Waals surface area contributed by atoms with Gasteiger partial charge in [0, 0.05) is 5.54 Å². The molecule has 0 aromatic carbocycles. The van der Waals surface area contributed by atoms with Gasteiger partial charge in [0.2, 0.25) is 0 Å². The normalized spacial score (nSPS) is 39.6. The zero-order valence-electron chi connectivity index (χ0n) is 11.3. The lowest BCUT2D eigenvalue weighted by molar-refractivity contribution is -0.0139. The number of carbonyl (C=O) groups excluding carboxylic acids is 1. The quantitative estimate of drug-likeness (QED) is 0.603. The first-order valence-electron chi connectivity index (χ1n) is 7.43. The highest BCUT2D eigenvalue weighted by Crippen LogP contribution is 2.55. The Morgan fingerprint density at radius 3 is 1.95 bits per heavy atom. The van der Waals surface area contributed by atoms with Crippen molar-refractivity contribution in [1.29, 1.82) is 0 Å². The van der Waals surface area contributed by atoms with Crippen molar-refractivity contribution >= 4 is 6.03 Å². The van der Waals surface area contributed by atoms with Crippen LogP contribution in [-0.4, -0.2) is 41.0 Å². The van der Waals surface area contributed by atoms with Gasteiger partial charge >= 0.3 is 6.03 Å². The number of rotatable bonds is 4. The minimum absolute atomic E-state index is 0.0195. The number of amides is 2. The van der Waals surface area contributed by atoms with Gasteiger partial charge in [0.25, 0.3) is 0 Å². The number of carbonyl (C=O) groups is 1. The van der Waals surface area contributed by atoms with Crippen molar-refractivity contribution in [3.8, 4) is 0 Å². The van der Waals surface area contributed by atoms with E-state index < -0.39 is 6.04 Å². The summed E-state index contributed by atoms with van der Waals surface area (Å²) in [5.41, 5.74) is -0.0195. The Balaban J connectivity index is 1.61. The van der Waals surface area contributed by atoms with Gasteiger partial charge in [-0.05, 0) is 56.3 Å². The Kier molecular flexibility index (Phi) is 3.43. The fourth-order valence-corrected chi connectivity index (χ4v) is 4.88. The van der Waals surface area contributed by atoms with E-state index in [1.165, 1.54) is 19.3 Å². The summed E-state index contributed by atoms with van der Waals surface area (Å²) in [6, 6.07) is -0.802. The molecular weight excluding hydrogens is 244 g/mol. The second-order valence-electron chi connectivity index (χ2n) is 6.86. The van der Waals surface area contributed by atoms with Crippen LogP contribution in [0.25, 0.3) is 0 Å². The molecule has 4 N–H and O–H groups in total. The van der Waals surface area contributed by atoms with Gasteiger partial charge in [0.15, 0.2) is 0 Å². The predicted molar refractivity (Wildman–Crippen MR) is 70.5 cm³/mol. The summed E-state index contributed by atoms with van der Waals surface area (Å²) in [5, 5.41) is 23.8. The molecule has 4 aliphatic rings. The lowest BCUT2D eigenvalue weighted by Gasteiger charge is -2.56. The molecule has 0 spiro atoms. The van der Waals surface area contributed by atoms with Gasteiger partial charge in [0.1, 0.15) is 0 Å². The second-order valence-corrected chi connectivity index (χ2v) is 6.86. The van der Waals surface area contributed by atoms with Crippen molar-refractivity contribution in [3.05, 3.63) is 0 Å². The van der Waals surface area contributed by atoms with Crippen LogP contribution in [-0.2, 0) is 0 Å².